The van der Waals surface area contributed by atoms with Crippen LogP contribution in [0.1, 0.15) is 22.4 Å². The van der Waals surface area contributed by atoms with Crippen LogP contribution in [0.15, 0.2) is 78.0 Å². The maximum atomic E-state index is 11.1. The third-order valence-corrected chi connectivity index (χ3v) is 4.26. The van der Waals surface area contributed by atoms with E-state index in [0.29, 0.717) is 24.4 Å². The van der Waals surface area contributed by atoms with Gasteiger partial charge in [-0.1, -0.05) is 42.5 Å². The van der Waals surface area contributed by atoms with Crippen molar-refractivity contribution in [1.82, 2.24) is 9.99 Å². The summed E-state index contributed by atoms with van der Waals surface area (Å²) in [6.45, 7) is 1.25. The Hall–Kier alpha value is -3.54. The first-order valence-corrected chi connectivity index (χ1v) is 8.27. The largest absolute Gasteiger partial charge is 0.286 e. The highest BCUT2D eigenvalue weighted by atomic mass is 16.6. The van der Waals surface area contributed by atoms with Gasteiger partial charge in [-0.2, -0.15) is 5.10 Å². The molecule has 2 heterocycles. The molecule has 0 bridgehead atoms. The van der Waals surface area contributed by atoms with Crippen molar-refractivity contribution in [3.8, 4) is 0 Å². The number of fused-ring (bicyclic) bond motifs is 1. The van der Waals surface area contributed by atoms with Crippen LogP contribution in [0.3, 0.4) is 0 Å². The summed E-state index contributed by atoms with van der Waals surface area (Å²) in [4.78, 5) is 15.2. The van der Waals surface area contributed by atoms with Crippen LogP contribution in [0.25, 0.3) is 0 Å². The molecule has 0 saturated heterocycles. The number of nitro groups is 1. The molecule has 2 aromatic carbocycles. The molecule has 6 heteroatoms. The standard InChI is InChI=1S/C20H16N4O2/c25-24(26)17-9-4-8-16(12-17)20-18-10-5-11-21-19(18)14-23(22-20)13-15-6-2-1-3-7-15/h1-12H,13-14H2. The lowest BCUT2D eigenvalue weighted by Crippen LogP contribution is -2.27. The molecule has 1 aliphatic heterocycles. The first-order chi connectivity index (χ1) is 12.7. The Kier molecular flexibility index (Phi) is 4.15. The van der Waals surface area contributed by atoms with Crippen molar-refractivity contribution < 1.29 is 4.92 Å². The van der Waals surface area contributed by atoms with Crippen molar-refractivity contribution in [3.63, 3.8) is 0 Å². The lowest BCUT2D eigenvalue weighted by molar-refractivity contribution is -0.384. The number of hydrazone groups is 1. The fourth-order valence-electron chi connectivity index (χ4n) is 3.05. The fourth-order valence-corrected chi connectivity index (χ4v) is 3.05. The van der Waals surface area contributed by atoms with E-state index in [1.165, 1.54) is 6.07 Å². The number of nitrogens with zero attached hydrogens (tertiary/aromatic N) is 4. The summed E-state index contributed by atoms with van der Waals surface area (Å²) in [5, 5.41) is 17.8. The van der Waals surface area contributed by atoms with Crippen LogP contribution >= 0.6 is 0 Å². The minimum absolute atomic E-state index is 0.0517. The Morgan fingerprint density at radius 1 is 1.04 bits per heavy atom. The smallest absolute Gasteiger partial charge is 0.270 e. The van der Waals surface area contributed by atoms with E-state index in [0.717, 1.165) is 16.8 Å². The van der Waals surface area contributed by atoms with Crippen LogP contribution in [0, 0.1) is 10.1 Å². The maximum absolute atomic E-state index is 11.1. The molecule has 0 spiro atoms. The quantitative estimate of drug-likeness (QED) is 0.534. The number of hydrogen-bond donors (Lipinski definition) is 0. The lowest BCUT2D eigenvalue weighted by Gasteiger charge is -2.27. The van der Waals surface area contributed by atoms with Crippen LogP contribution in [0.4, 0.5) is 5.69 Å². The number of nitro benzene ring substituents is 1. The van der Waals surface area contributed by atoms with E-state index in [9.17, 15) is 10.1 Å². The number of aromatic nitrogens is 1. The van der Waals surface area contributed by atoms with Gasteiger partial charge in [0.2, 0.25) is 0 Å². The van der Waals surface area contributed by atoms with Gasteiger partial charge < -0.3 is 0 Å². The van der Waals surface area contributed by atoms with Gasteiger partial charge in [0.25, 0.3) is 5.69 Å². The normalized spacial score (nSPS) is 13.1. The minimum atomic E-state index is -0.390. The molecule has 4 rings (SSSR count). The van der Waals surface area contributed by atoms with Crippen LogP contribution in [-0.2, 0) is 13.1 Å². The minimum Gasteiger partial charge on any atom is -0.286 e. The average Bonchev–Trinajstić information content (AvgIpc) is 2.68. The van der Waals surface area contributed by atoms with Gasteiger partial charge in [-0.3, -0.25) is 20.1 Å². The van der Waals surface area contributed by atoms with Gasteiger partial charge in [0.05, 0.1) is 29.4 Å². The molecule has 26 heavy (non-hydrogen) atoms. The Bertz CT molecular complexity index is 986. The van der Waals surface area contributed by atoms with Gasteiger partial charge in [0, 0.05) is 29.5 Å². The fraction of sp³-hybridized carbons (Fsp3) is 0.100. The van der Waals surface area contributed by atoms with E-state index < -0.39 is 4.92 Å². The second kappa shape index (κ2) is 6.76. The van der Waals surface area contributed by atoms with E-state index >= 15 is 0 Å². The van der Waals surface area contributed by atoms with Gasteiger partial charge in [0.15, 0.2) is 0 Å². The molecule has 0 fully saturated rings. The van der Waals surface area contributed by atoms with Gasteiger partial charge in [-0.05, 0) is 17.7 Å². The van der Waals surface area contributed by atoms with E-state index in [4.69, 9.17) is 5.10 Å². The molecule has 1 aliphatic rings. The lowest BCUT2D eigenvalue weighted by atomic mass is 9.99. The van der Waals surface area contributed by atoms with Gasteiger partial charge in [0.1, 0.15) is 0 Å². The van der Waals surface area contributed by atoms with Gasteiger partial charge in [-0.25, -0.2) is 0 Å². The van der Waals surface area contributed by atoms with Crippen LogP contribution in [0.5, 0.6) is 0 Å². The van der Waals surface area contributed by atoms with Crippen LogP contribution in [0.2, 0.25) is 0 Å². The Morgan fingerprint density at radius 3 is 2.69 bits per heavy atom. The summed E-state index contributed by atoms with van der Waals surface area (Å²) in [7, 11) is 0. The molecule has 3 aromatic rings. The summed E-state index contributed by atoms with van der Waals surface area (Å²) in [5.41, 5.74) is 4.45. The topological polar surface area (TPSA) is 71.6 Å². The molecule has 0 saturated carbocycles. The maximum Gasteiger partial charge on any atom is 0.270 e. The number of hydrogen-bond acceptors (Lipinski definition) is 5. The molecule has 128 valence electrons. The van der Waals surface area contributed by atoms with E-state index in [1.807, 2.05) is 41.4 Å². The molecular weight excluding hydrogens is 328 g/mol. The SMILES string of the molecule is O=[N+]([O-])c1cccc(C2=NN(Cc3ccccc3)Cc3ncccc32)c1. The van der Waals surface area contributed by atoms with Gasteiger partial charge in [-0.15, -0.1) is 0 Å². The molecule has 0 unspecified atom stereocenters. The van der Waals surface area contributed by atoms with E-state index in [-0.39, 0.29) is 5.69 Å². The summed E-state index contributed by atoms with van der Waals surface area (Å²) >= 11 is 0. The molecular formula is C20H16N4O2. The second-order valence-electron chi connectivity index (χ2n) is 6.06. The van der Waals surface area contributed by atoms with Crippen molar-refractivity contribution in [1.29, 1.82) is 0 Å². The Morgan fingerprint density at radius 2 is 1.88 bits per heavy atom. The highest BCUT2D eigenvalue weighted by Crippen LogP contribution is 2.24. The van der Waals surface area contributed by atoms with Crippen molar-refractivity contribution in [2.24, 2.45) is 5.10 Å². The van der Waals surface area contributed by atoms with Crippen molar-refractivity contribution >= 4 is 11.4 Å². The second-order valence-corrected chi connectivity index (χ2v) is 6.06. The van der Waals surface area contributed by atoms with E-state index in [2.05, 4.69) is 17.1 Å². The first kappa shape index (κ1) is 16.0. The van der Waals surface area contributed by atoms with E-state index in [1.54, 1.807) is 18.3 Å². The zero-order valence-corrected chi connectivity index (χ0v) is 13.9. The van der Waals surface area contributed by atoms with Crippen LogP contribution in [-0.4, -0.2) is 20.6 Å². The third kappa shape index (κ3) is 3.17. The zero-order chi connectivity index (χ0) is 17.9. The summed E-state index contributed by atoms with van der Waals surface area (Å²) < 4.78 is 0. The van der Waals surface area contributed by atoms with Crippen molar-refractivity contribution in [2.45, 2.75) is 13.1 Å². The number of non-ortho nitro benzene ring substituents is 1. The summed E-state index contributed by atoms with van der Waals surface area (Å²) in [6.07, 6.45) is 1.76. The highest BCUT2D eigenvalue weighted by Gasteiger charge is 2.22. The average molecular weight is 344 g/mol. The molecule has 0 radical (unpaired) electrons. The Balaban J connectivity index is 1.76. The molecule has 6 nitrogen and oxygen atoms in total. The summed E-state index contributed by atoms with van der Waals surface area (Å²) in [6, 6.07) is 20.5. The molecule has 0 aliphatic carbocycles. The molecule has 1 aromatic heterocycles. The van der Waals surface area contributed by atoms with Crippen molar-refractivity contribution in [2.75, 3.05) is 0 Å². The first-order valence-electron chi connectivity index (χ1n) is 8.27. The number of rotatable bonds is 4. The monoisotopic (exact) mass is 344 g/mol. The molecule has 0 N–H and O–H groups in total. The molecule has 0 atom stereocenters. The van der Waals surface area contributed by atoms with Gasteiger partial charge >= 0.3 is 0 Å². The zero-order valence-electron chi connectivity index (χ0n) is 13.9. The number of benzene rings is 2. The number of pyridine rings is 1. The van der Waals surface area contributed by atoms with Crippen molar-refractivity contribution in [3.05, 3.63) is 105 Å². The van der Waals surface area contributed by atoms with Crippen LogP contribution < -0.4 is 0 Å². The predicted molar refractivity (Wildman–Crippen MR) is 98.7 cm³/mol. The highest BCUT2D eigenvalue weighted by molar-refractivity contribution is 6.14. The molecule has 0 amide bonds. The summed E-state index contributed by atoms with van der Waals surface area (Å²) in [5.74, 6) is 0. The predicted octanol–water partition coefficient (Wildman–Crippen LogP) is 3.76. The third-order valence-electron chi connectivity index (χ3n) is 4.26. The Labute approximate surface area is 150 Å².